The number of aromatic nitrogens is 1. The maximum absolute atomic E-state index is 9.57. The third kappa shape index (κ3) is 2.30. The van der Waals surface area contributed by atoms with Crippen molar-refractivity contribution in [3.05, 3.63) is 48.0 Å². The molecule has 0 aliphatic rings. The highest BCUT2D eigenvalue weighted by Gasteiger charge is 2.20. The van der Waals surface area contributed by atoms with Crippen molar-refractivity contribution >= 4 is 16.7 Å². The predicted octanol–water partition coefficient (Wildman–Crippen LogP) is 3.37. The van der Waals surface area contributed by atoms with Gasteiger partial charge in [0, 0.05) is 5.56 Å². The van der Waals surface area contributed by atoms with E-state index < -0.39 is 0 Å². The molecule has 5 nitrogen and oxygen atoms in total. The molecular weight excluding hydrogens is 290 g/mol. The maximum Gasteiger partial charge on any atom is 0.170 e. The van der Waals surface area contributed by atoms with E-state index in [0.717, 1.165) is 5.56 Å². The number of nitrogens with zero attached hydrogens (tertiary/aromatic N) is 2. The van der Waals surface area contributed by atoms with E-state index in [0.29, 0.717) is 33.5 Å². The van der Waals surface area contributed by atoms with Crippen molar-refractivity contribution in [1.82, 2.24) is 4.98 Å². The van der Waals surface area contributed by atoms with Crippen LogP contribution in [0.25, 0.3) is 22.0 Å². The molecular formula is C18H15N3O2. The van der Waals surface area contributed by atoms with Crippen LogP contribution in [0.4, 0.5) is 5.82 Å². The molecule has 114 valence electrons. The molecule has 0 spiro atoms. The number of rotatable bonds is 3. The molecule has 3 aromatic rings. The molecule has 1 aromatic heterocycles. The minimum Gasteiger partial charge on any atom is -0.493 e. The molecule has 0 atom stereocenters. The van der Waals surface area contributed by atoms with Crippen molar-refractivity contribution in [3.8, 4) is 28.7 Å². The van der Waals surface area contributed by atoms with Crippen molar-refractivity contribution in [3.63, 3.8) is 0 Å². The van der Waals surface area contributed by atoms with E-state index in [9.17, 15) is 5.26 Å². The first-order valence-electron chi connectivity index (χ1n) is 7.01. The number of fused-ring (bicyclic) bond motifs is 1. The van der Waals surface area contributed by atoms with Gasteiger partial charge in [-0.1, -0.05) is 30.3 Å². The van der Waals surface area contributed by atoms with Gasteiger partial charge in [0.1, 0.15) is 17.5 Å². The lowest BCUT2D eigenvalue weighted by molar-refractivity contribution is 0.358. The summed E-state index contributed by atoms with van der Waals surface area (Å²) in [7, 11) is 3.14. The number of nitrogens with two attached hydrogens (primary N) is 1. The molecule has 0 saturated carbocycles. The fourth-order valence-electron chi connectivity index (χ4n) is 2.70. The summed E-state index contributed by atoms with van der Waals surface area (Å²) < 4.78 is 10.9. The highest BCUT2D eigenvalue weighted by Crippen LogP contribution is 2.43. The number of anilines is 1. The zero-order valence-corrected chi connectivity index (χ0v) is 12.8. The zero-order valence-electron chi connectivity index (χ0n) is 12.8. The van der Waals surface area contributed by atoms with Crippen LogP contribution in [0.5, 0.6) is 11.5 Å². The lowest BCUT2D eigenvalue weighted by Crippen LogP contribution is -2.01. The van der Waals surface area contributed by atoms with Gasteiger partial charge in [0.25, 0.3) is 0 Å². The summed E-state index contributed by atoms with van der Waals surface area (Å²) >= 11 is 0. The first-order chi connectivity index (χ1) is 11.2. The minimum atomic E-state index is 0.200. The summed E-state index contributed by atoms with van der Waals surface area (Å²) in [5, 5.41) is 10.3. The molecule has 2 N–H and O–H groups in total. The fraction of sp³-hybridized carbons (Fsp3) is 0.111. The summed E-state index contributed by atoms with van der Waals surface area (Å²) in [6.45, 7) is 0. The average molecular weight is 305 g/mol. The van der Waals surface area contributed by atoms with Gasteiger partial charge in [0.05, 0.1) is 25.1 Å². The first kappa shape index (κ1) is 14.7. The lowest BCUT2D eigenvalue weighted by Gasteiger charge is -2.16. The molecule has 0 fully saturated rings. The van der Waals surface area contributed by atoms with E-state index in [1.54, 1.807) is 26.4 Å². The largest absolute Gasteiger partial charge is 0.493 e. The van der Waals surface area contributed by atoms with Crippen LogP contribution in [0, 0.1) is 11.3 Å². The second-order valence-electron chi connectivity index (χ2n) is 4.92. The number of nitrogen functional groups attached to an aromatic ring is 1. The molecule has 23 heavy (non-hydrogen) atoms. The molecule has 2 aromatic carbocycles. The van der Waals surface area contributed by atoms with Crippen LogP contribution in [-0.4, -0.2) is 19.2 Å². The number of ether oxygens (including phenoxy) is 2. The summed E-state index contributed by atoms with van der Waals surface area (Å²) in [6.07, 6.45) is 0. The van der Waals surface area contributed by atoms with Gasteiger partial charge < -0.3 is 15.2 Å². The first-order valence-corrected chi connectivity index (χ1v) is 7.01. The average Bonchev–Trinajstić information content (AvgIpc) is 2.60. The lowest BCUT2D eigenvalue weighted by atomic mass is 9.95. The van der Waals surface area contributed by atoms with Crippen LogP contribution >= 0.6 is 0 Å². The number of methoxy groups -OCH3 is 2. The van der Waals surface area contributed by atoms with Crippen molar-refractivity contribution in [1.29, 1.82) is 5.26 Å². The van der Waals surface area contributed by atoms with Crippen LogP contribution in [0.15, 0.2) is 42.5 Å². The Hall–Kier alpha value is -3.26. The van der Waals surface area contributed by atoms with Crippen LogP contribution in [-0.2, 0) is 0 Å². The quantitative estimate of drug-likeness (QED) is 0.802. The molecule has 0 aliphatic heterocycles. The Kier molecular flexibility index (Phi) is 3.73. The fourth-order valence-corrected chi connectivity index (χ4v) is 2.70. The van der Waals surface area contributed by atoms with Crippen LogP contribution in [0.3, 0.4) is 0 Å². The molecule has 0 radical (unpaired) electrons. The van der Waals surface area contributed by atoms with Gasteiger partial charge in [0.2, 0.25) is 0 Å². The van der Waals surface area contributed by atoms with Gasteiger partial charge >= 0.3 is 0 Å². The zero-order chi connectivity index (χ0) is 16.4. The van der Waals surface area contributed by atoms with Crippen LogP contribution in [0.2, 0.25) is 0 Å². The van der Waals surface area contributed by atoms with Crippen molar-refractivity contribution in [2.24, 2.45) is 0 Å². The van der Waals surface area contributed by atoms with Gasteiger partial charge in [0.15, 0.2) is 11.5 Å². The van der Waals surface area contributed by atoms with E-state index in [2.05, 4.69) is 11.1 Å². The Balaban J connectivity index is 2.54. The second-order valence-corrected chi connectivity index (χ2v) is 4.92. The number of hydrogen-bond acceptors (Lipinski definition) is 5. The van der Waals surface area contributed by atoms with Crippen molar-refractivity contribution < 1.29 is 9.47 Å². The SMILES string of the molecule is COc1ccc2nc(N)c(C#N)c(-c3ccccc3)c2c1OC. The Morgan fingerprint density at radius 2 is 1.78 bits per heavy atom. The van der Waals surface area contributed by atoms with E-state index in [1.807, 2.05) is 30.3 Å². The van der Waals surface area contributed by atoms with E-state index in [1.165, 1.54) is 0 Å². The smallest absolute Gasteiger partial charge is 0.170 e. The molecule has 5 heteroatoms. The van der Waals surface area contributed by atoms with Gasteiger partial charge in [-0.3, -0.25) is 0 Å². The van der Waals surface area contributed by atoms with Crippen LogP contribution in [0.1, 0.15) is 5.56 Å². The highest BCUT2D eigenvalue weighted by molar-refractivity contribution is 6.04. The van der Waals surface area contributed by atoms with Crippen LogP contribution < -0.4 is 15.2 Å². The number of nitriles is 1. The number of benzene rings is 2. The topological polar surface area (TPSA) is 81.2 Å². The minimum absolute atomic E-state index is 0.200. The molecule has 0 saturated heterocycles. The predicted molar refractivity (Wildman–Crippen MR) is 89.4 cm³/mol. The molecule has 0 aliphatic carbocycles. The van der Waals surface area contributed by atoms with Gasteiger partial charge in [-0.15, -0.1) is 0 Å². The summed E-state index contributed by atoms with van der Waals surface area (Å²) in [6, 6.07) is 15.3. The molecule has 0 amide bonds. The van der Waals surface area contributed by atoms with Crippen molar-refractivity contribution in [2.45, 2.75) is 0 Å². The Morgan fingerprint density at radius 3 is 2.39 bits per heavy atom. The number of hydrogen-bond donors (Lipinski definition) is 1. The Labute approximate surface area is 133 Å². The third-order valence-corrected chi connectivity index (χ3v) is 3.69. The van der Waals surface area contributed by atoms with Gasteiger partial charge in [-0.2, -0.15) is 5.26 Å². The Morgan fingerprint density at radius 1 is 1.04 bits per heavy atom. The molecule has 0 bridgehead atoms. The van der Waals surface area contributed by atoms with E-state index in [-0.39, 0.29) is 5.82 Å². The normalized spacial score (nSPS) is 10.3. The van der Waals surface area contributed by atoms with Crippen molar-refractivity contribution in [2.75, 3.05) is 20.0 Å². The summed E-state index contributed by atoms with van der Waals surface area (Å²) in [5.74, 6) is 1.31. The van der Waals surface area contributed by atoms with Gasteiger partial charge in [-0.25, -0.2) is 4.98 Å². The molecule has 1 heterocycles. The van der Waals surface area contributed by atoms with E-state index >= 15 is 0 Å². The molecule has 0 unspecified atom stereocenters. The number of pyridine rings is 1. The second kappa shape index (κ2) is 5.85. The van der Waals surface area contributed by atoms with E-state index in [4.69, 9.17) is 15.2 Å². The molecule has 3 rings (SSSR count). The maximum atomic E-state index is 9.57. The summed E-state index contributed by atoms with van der Waals surface area (Å²) in [4.78, 5) is 4.34. The monoisotopic (exact) mass is 305 g/mol. The standard InChI is InChI=1S/C18H15N3O2/c1-22-14-9-8-13-16(17(14)23-2)15(11-6-4-3-5-7-11)12(10-19)18(20)21-13/h3-9H,1-2H3,(H2,20,21). The van der Waals surface area contributed by atoms with Gasteiger partial charge in [-0.05, 0) is 17.7 Å². The Bertz CT molecular complexity index is 915. The highest BCUT2D eigenvalue weighted by atomic mass is 16.5. The third-order valence-electron chi connectivity index (χ3n) is 3.69. The summed E-state index contributed by atoms with van der Waals surface area (Å²) in [5.41, 5.74) is 8.54.